The largest absolute Gasteiger partial charge is 0.356 e. The SMILES string of the molecule is C#CCCC1(CCNC(=O)C2CCN(C3=NS(=O)(=O)c4ccccc43)CC2)N=N1. The van der Waals surface area contributed by atoms with Crippen LogP contribution in [-0.4, -0.2) is 50.4 Å². The second kappa shape index (κ2) is 7.59. The maximum atomic E-state index is 12.5. The van der Waals surface area contributed by atoms with Crippen LogP contribution in [0.4, 0.5) is 0 Å². The van der Waals surface area contributed by atoms with Crippen molar-refractivity contribution in [2.45, 2.75) is 42.7 Å². The summed E-state index contributed by atoms with van der Waals surface area (Å²) in [4.78, 5) is 14.7. The van der Waals surface area contributed by atoms with E-state index >= 15 is 0 Å². The summed E-state index contributed by atoms with van der Waals surface area (Å²) in [6.45, 7) is 1.71. The van der Waals surface area contributed by atoms with Crippen LogP contribution in [0.1, 0.15) is 37.7 Å². The summed E-state index contributed by atoms with van der Waals surface area (Å²) >= 11 is 0. The molecule has 0 aliphatic carbocycles. The van der Waals surface area contributed by atoms with Crippen LogP contribution in [0.3, 0.4) is 0 Å². The van der Waals surface area contributed by atoms with Gasteiger partial charge in [-0.15, -0.1) is 16.7 Å². The lowest BCUT2D eigenvalue weighted by Gasteiger charge is -2.32. The highest BCUT2D eigenvalue weighted by Gasteiger charge is 2.39. The highest BCUT2D eigenvalue weighted by Crippen LogP contribution is 2.36. The van der Waals surface area contributed by atoms with Gasteiger partial charge in [0.2, 0.25) is 5.91 Å². The van der Waals surface area contributed by atoms with Crippen molar-refractivity contribution in [3.8, 4) is 12.3 Å². The Hall–Kier alpha value is -2.73. The standard InChI is InChI=1S/C20H23N5O3S/c1-2-3-10-20(23-24-20)11-12-21-19(26)15-8-13-25(14-9-15)18-16-6-4-5-7-17(16)29(27,28)22-18/h1,4-7,15H,3,8-14H2,(H,21,26). The van der Waals surface area contributed by atoms with Crippen molar-refractivity contribution in [3.05, 3.63) is 29.8 Å². The number of piperidine rings is 1. The van der Waals surface area contributed by atoms with E-state index in [1.807, 2.05) is 11.0 Å². The number of benzene rings is 1. The van der Waals surface area contributed by atoms with E-state index in [2.05, 4.69) is 25.9 Å². The van der Waals surface area contributed by atoms with Gasteiger partial charge in [0.05, 0.1) is 0 Å². The van der Waals surface area contributed by atoms with Crippen LogP contribution in [0, 0.1) is 18.3 Å². The fourth-order valence-corrected chi connectivity index (χ4v) is 5.10. The Morgan fingerprint density at radius 1 is 1.24 bits per heavy atom. The van der Waals surface area contributed by atoms with Crippen molar-refractivity contribution < 1.29 is 13.2 Å². The summed E-state index contributed by atoms with van der Waals surface area (Å²) in [5, 5.41) is 11.1. The molecule has 0 radical (unpaired) electrons. The number of amides is 1. The second-order valence-corrected chi connectivity index (χ2v) is 9.15. The molecule has 1 fully saturated rings. The predicted molar refractivity (Wildman–Crippen MR) is 108 cm³/mol. The van der Waals surface area contributed by atoms with Crippen molar-refractivity contribution in [2.24, 2.45) is 20.5 Å². The number of fused-ring (bicyclic) bond motifs is 1. The molecule has 3 heterocycles. The molecule has 152 valence electrons. The summed E-state index contributed by atoms with van der Waals surface area (Å²) in [5.41, 5.74) is 0.257. The van der Waals surface area contributed by atoms with E-state index in [9.17, 15) is 13.2 Å². The lowest BCUT2D eigenvalue weighted by atomic mass is 9.95. The maximum absolute atomic E-state index is 12.5. The van der Waals surface area contributed by atoms with Crippen molar-refractivity contribution in [1.29, 1.82) is 0 Å². The molecule has 3 aliphatic heterocycles. The summed E-state index contributed by atoms with van der Waals surface area (Å²) in [6.07, 6.45) is 8.63. The molecule has 1 aromatic carbocycles. The average molecular weight is 414 g/mol. The fourth-order valence-electron chi connectivity index (χ4n) is 3.87. The number of carbonyl (C=O) groups excluding carboxylic acids is 1. The van der Waals surface area contributed by atoms with Gasteiger partial charge >= 0.3 is 0 Å². The Morgan fingerprint density at radius 3 is 2.66 bits per heavy atom. The number of amidine groups is 1. The Morgan fingerprint density at radius 2 is 1.97 bits per heavy atom. The molecule has 3 aliphatic rings. The smallest absolute Gasteiger partial charge is 0.285 e. The number of terminal acetylenes is 1. The Kier molecular flexibility index (Phi) is 5.13. The normalized spacial score (nSPS) is 21.2. The molecule has 1 saturated heterocycles. The third-order valence-corrected chi connectivity index (χ3v) is 6.98. The zero-order chi connectivity index (χ0) is 20.5. The highest BCUT2D eigenvalue weighted by molar-refractivity contribution is 7.90. The maximum Gasteiger partial charge on any atom is 0.285 e. The quantitative estimate of drug-likeness (QED) is 0.720. The van der Waals surface area contributed by atoms with Crippen molar-refractivity contribution in [3.63, 3.8) is 0 Å². The van der Waals surface area contributed by atoms with Gasteiger partial charge in [-0.3, -0.25) is 4.79 Å². The van der Waals surface area contributed by atoms with E-state index in [1.165, 1.54) is 0 Å². The minimum absolute atomic E-state index is 0.0267. The topological polar surface area (TPSA) is 104 Å². The van der Waals surface area contributed by atoms with E-state index in [0.29, 0.717) is 56.7 Å². The van der Waals surface area contributed by atoms with Crippen molar-refractivity contribution in [1.82, 2.24) is 10.2 Å². The molecule has 8 nitrogen and oxygen atoms in total. The number of hydrogen-bond acceptors (Lipinski definition) is 6. The zero-order valence-electron chi connectivity index (χ0n) is 16.0. The van der Waals surface area contributed by atoms with Crippen LogP contribution in [0.15, 0.2) is 43.8 Å². The van der Waals surface area contributed by atoms with Gasteiger partial charge in [-0.1, -0.05) is 12.1 Å². The molecule has 1 aromatic rings. The molecule has 0 unspecified atom stereocenters. The molecule has 0 bridgehead atoms. The molecule has 0 saturated carbocycles. The van der Waals surface area contributed by atoms with Gasteiger partial charge in [0.15, 0.2) is 11.5 Å². The number of carbonyl (C=O) groups is 1. The first-order chi connectivity index (χ1) is 13.9. The fraction of sp³-hybridized carbons (Fsp3) is 0.500. The van der Waals surface area contributed by atoms with Crippen molar-refractivity contribution in [2.75, 3.05) is 19.6 Å². The Labute approximate surface area is 170 Å². The Balaban J connectivity index is 1.28. The molecule has 4 rings (SSSR count). The summed E-state index contributed by atoms with van der Waals surface area (Å²) in [7, 11) is -3.62. The molecule has 0 atom stereocenters. The van der Waals surface area contributed by atoms with Crippen LogP contribution in [-0.2, 0) is 14.8 Å². The van der Waals surface area contributed by atoms with Gasteiger partial charge < -0.3 is 10.2 Å². The zero-order valence-corrected chi connectivity index (χ0v) is 16.9. The third-order valence-electron chi connectivity index (χ3n) is 5.65. The van der Waals surface area contributed by atoms with Crippen LogP contribution >= 0.6 is 0 Å². The highest BCUT2D eigenvalue weighted by atomic mass is 32.2. The van der Waals surface area contributed by atoms with Gasteiger partial charge in [0, 0.05) is 50.4 Å². The number of likely N-dealkylation sites (tertiary alicyclic amines) is 1. The van der Waals surface area contributed by atoms with E-state index < -0.39 is 10.0 Å². The van der Waals surface area contributed by atoms with Gasteiger partial charge in [0.1, 0.15) is 4.90 Å². The van der Waals surface area contributed by atoms with Gasteiger partial charge in [-0.2, -0.15) is 18.6 Å². The second-order valence-electron chi connectivity index (χ2n) is 7.58. The average Bonchev–Trinajstić information content (AvgIpc) is 3.44. The first-order valence-corrected chi connectivity index (χ1v) is 11.2. The molecule has 0 spiro atoms. The van der Waals surface area contributed by atoms with E-state index in [4.69, 9.17) is 6.42 Å². The molecular formula is C20H23N5O3S. The van der Waals surface area contributed by atoms with E-state index in [-0.39, 0.29) is 22.4 Å². The molecule has 1 N–H and O–H groups in total. The first-order valence-electron chi connectivity index (χ1n) is 9.79. The number of sulfonamides is 1. The third kappa shape index (κ3) is 4.03. The molecular weight excluding hydrogens is 390 g/mol. The van der Waals surface area contributed by atoms with Gasteiger partial charge in [0.25, 0.3) is 10.0 Å². The molecule has 0 aromatic heterocycles. The Bertz CT molecular complexity index is 1010. The molecule has 1 amide bonds. The lowest BCUT2D eigenvalue weighted by molar-refractivity contribution is -0.126. The van der Waals surface area contributed by atoms with Crippen LogP contribution in [0.25, 0.3) is 0 Å². The summed E-state index contributed by atoms with van der Waals surface area (Å²) < 4.78 is 28.5. The molecule has 9 heteroatoms. The minimum atomic E-state index is -3.62. The van der Waals surface area contributed by atoms with Gasteiger partial charge in [-0.25, -0.2) is 0 Å². The van der Waals surface area contributed by atoms with E-state index in [1.54, 1.807) is 18.2 Å². The first kappa shape index (κ1) is 19.6. The van der Waals surface area contributed by atoms with E-state index in [0.717, 1.165) is 6.42 Å². The summed E-state index contributed by atoms with van der Waals surface area (Å²) in [5.74, 6) is 3.02. The summed E-state index contributed by atoms with van der Waals surface area (Å²) in [6, 6.07) is 6.87. The number of nitrogens with zero attached hydrogens (tertiary/aromatic N) is 4. The number of nitrogens with one attached hydrogen (secondary N) is 1. The predicted octanol–water partition coefficient (Wildman–Crippen LogP) is 1.93. The van der Waals surface area contributed by atoms with Crippen LogP contribution in [0.5, 0.6) is 0 Å². The van der Waals surface area contributed by atoms with Crippen LogP contribution < -0.4 is 5.32 Å². The minimum Gasteiger partial charge on any atom is -0.356 e. The monoisotopic (exact) mass is 413 g/mol. The van der Waals surface area contributed by atoms with Gasteiger partial charge in [-0.05, 0) is 25.0 Å². The van der Waals surface area contributed by atoms with Crippen LogP contribution in [0.2, 0.25) is 0 Å². The van der Waals surface area contributed by atoms with Crippen molar-refractivity contribution >= 4 is 21.8 Å². The lowest BCUT2D eigenvalue weighted by Crippen LogP contribution is -2.43. The molecule has 29 heavy (non-hydrogen) atoms. The number of rotatable bonds is 6. The number of hydrogen-bond donors (Lipinski definition) is 1.